The van der Waals surface area contributed by atoms with Gasteiger partial charge in [0.1, 0.15) is 24.4 Å². The van der Waals surface area contributed by atoms with Crippen molar-refractivity contribution in [3.05, 3.63) is 0 Å². The number of aliphatic hydroxyl groups excluding tert-OH is 4. The van der Waals surface area contributed by atoms with Gasteiger partial charge in [-0.15, -0.1) is 0 Å². The summed E-state index contributed by atoms with van der Waals surface area (Å²) in [6, 6.07) is 0. The number of aliphatic hydroxyl groups is 4. The smallest absolute Gasteiger partial charge is 0.359 e. The number of aliphatic carboxylic acids is 2. The minimum atomic E-state index is -2.36. The van der Waals surface area contributed by atoms with Gasteiger partial charge in [0, 0.05) is 0 Å². The largest absolute Gasteiger partial charge is 0.547 e. The molecule has 21 heavy (non-hydrogen) atoms. The average molecular weight is 311 g/mol. The maximum absolute atomic E-state index is 10.00. The summed E-state index contributed by atoms with van der Waals surface area (Å²) >= 11 is 0. The predicted molar refractivity (Wildman–Crippen MR) is 65.6 cm³/mol. The van der Waals surface area contributed by atoms with Crippen LogP contribution in [0.15, 0.2) is 0 Å². The number of carbonyl (C=O) groups is 3. The maximum Gasteiger partial charge on any atom is 0.359 e. The minimum absolute atomic E-state index is 0.101. The van der Waals surface area contributed by atoms with Crippen LogP contribution in [-0.2, 0) is 14.4 Å². The van der Waals surface area contributed by atoms with Gasteiger partial charge in [-0.3, -0.25) is 0 Å². The van der Waals surface area contributed by atoms with E-state index < -0.39 is 36.4 Å². The van der Waals surface area contributed by atoms with Crippen molar-refractivity contribution in [3.63, 3.8) is 0 Å². The Balaban J connectivity index is 0. The topological polar surface area (TPSA) is 175 Å². The summed E-state index contributed by atoms with van der Waals surface area (Å²) in [6.07, 6.45) is -8.65. The van der Waals surface area contributed by atoms with Crippen molar-refractivity contribution in [1.82, 2.24) is 0 Å². The van der Waals surface area contributed by atoms with Gasteiger partial charge < -0.3 is 44.7 Å². The van der Waals surface area contributed by atoms with E-state index in [1.165, 1.54) is 0 Å². The Kier molecular flexibility index (Phi) is 9.68. The van der Waals surface area contributed by atoms with E-state index in [0.717, 1.165) is 0 Å². The molecule has 0 rings (SSSR count). The summed E-state index contributed by atoms with van der Waals surface area (Å²) in [5.41, 5.74) is 0. The summed E-state index contributed by atoms with van der Waals surface area (Å²) < 4.78 is 0.481. The molecular weight excluding hydrogens is 290 g/mol. The monoisotopic (exact) mass is 311 g/mol. The number of hydrogen-bond donors (Lipinski definition) is 5. The number of aldehydes is 1. The molecule has 4 atom stereocenters. The predicted octanol–water partition coefficient (Wildman–Crippen LogP) is -4.84. The molecule has 0 spiro atoms. The van der Waals surface area contributed by atoms with E-state index >= 15 is 0 Å². The van der Waals surface area contributed by atoms with Crippen LogP contribution < -0.4 is 5.11 Å². The van der Waals surface area contributed by atoms with Gasteiger partial charge in [0.2, 0.25) is 0 Å². The van der Waals surface area contributed by atoms with Crippen LogP contribution in [0.3, 0.4) is 0 Å². The highest BCUT2D eigenvalue weighted by molar-refractivity contribution is 5.70. The number of carbonyl (C=O) groups excluding carboxylic acids is 2. The second-order valence-corrected chi connectivity index (χ2v) is 5.21. The Morgan fingerprint density at radius 2 is 1.52 bits per heavy atom. The third-order valence-electron chi connectivity index (χ3n) is 2.01. The second-order valence-electron chi connectivity index (χ2n) is 5.21. The molecule has 10 heteroatoms. The third kappa shape index (κ3) is 10.8. The first-order valence-electron chi connectivity index (χ1n) is 5.74. The van der Waals surface area contributed by atoms with Crippen molar-refractivity contribution in [2.75, 3.05) is 27.7 Å². The number of nitrogens with zero attached hydrogens (tertiary/aromatic N) is 1. The van der Waals surface area contributed by atoms with Crippen molar-refractivity contribution in [2.24, 2.45) is 0 Å². The van der Waals surface area contributed by atoms with E-state index in [2.05, 4.69) is 0 Å². The van der Waals surface area contributed by atoms with Crippen molar-refractivity contribution >= 4 is 18.2 Å². The van der Waals surface area contributed by atoms with Crippen LogP contribution in [0.4, 0.5) is 0 Å². The molecule has 0 saturated carbocycles. The van der Waals surface area contributed by atoms with Gasteiger partial charge in [0.15, 0.2) is 12.8 Å². The van der Waals surface area contributed by atoms with Crippen molar-refractivity contribution < 1.29 is 49.5 Å². The molecule has 124 valence electrons. The Morgan fingerprint density at radius 1 is 1.10 bits per heavy atom. The van der Waals surface area contributed by atoms with E-state index in [4.69, 9.17) is 25.5 Å². The lowest BCUT2D eigenvalue weighted by Crippen LogP contribution is -2.52. The third-order valence-corrected chi connectivity index (χ3v) is 2.01. The Morgan fingerprint density at radius 3 is 1.71 bits per heavy atom. The molecule has 0 amide bonds. The maximum atomic E-state index is 10.00. The van der Waals surface area contributed by atoms with Crippen LogP contribution in [0.2, 0.25) is 0 Å². The number of carboxylic acid groups (broad SMARTS) is 2. The molecule has 0 unspecified atom stereocenters. The molecule has 0 aliphatic heterocycles. The fraction of sp³-hybridized carbons (Fsp3) is 0.727. The first kappa shape index (κ1) is 21.7. The van der Waals surface area contributed by atoms with Crippen LogP contribution in [0.5, 0.6) is 0 Å². The highest BCUT2D eigenvalue weighted by atomic mass is 16.4. The molecule has 5 N–H and O–H groups in total. The highest BCUT2D eigenvalue weighted by Crippen LogP contribution is 2.03. The van der Waals surface area contributed by atoms with Crippen LogP contribution in [0.25, 0.3) is 0 Å². The van der Waals surface area contributed by atoms with E-state index in [-0.39, 0.29) is 12.8 Å². The number of quaternary nitrogens is 1. The number of hydrogen-bond acceptors (Lipinski definition) is 8. The minimum Gasteiger partial charge on any atom is -0.547 e. The van der Waals surface area contributed by atoms with E-state index in [1.54, 1.807) is 0 Å². The molecule has 0 aromatic carbocycles. The van der Waals surface area contributed by atoms with Gasteiger partial charge in [-0.25, -0.2) is 4.79 Å². The first-order chi connectivity index (χ1) is 9.33. The Bertz CT molecular complexity index is 352. The fourth-order valence-electron chi connectivity index (χ4n) is 1.01. The summed E-state index contributed by atoms with van der Waals surface area (Å²) in [5.74, 6) is -2.76. The van der Waals surface area contributed by atoms with Crippen LogP contribution in [-0.4, -0.2) is 100 Å². The zero-order chi connectivity index (χ0) is 17.4. The molecule has 0 aliphatic carbocycles. The molecule has 0 fully saturated rings. The van der Waals surface area contributed by atoms with Crippen LogP contribution in [0, 0.1) is 0 Å². The van der Waals surface area contributed by atoms with Gasteiger partial charge in [0.05, 0.1) is 27.1 Å². The van der Waals surface area contributed by atoms with E-state index in [9.17, 15) is 19.5 Å². The number of likely N-dealkylation sites (N-methyl/N-ethyl adjacent to an activating group) is 1. The lowest BCUT2D eigenvalue weighted by molar-refractivity contribution is -0.862. The van der Waals surface area contributed by atoms with Crippen LogP contribution in [0.1, 0.15) is 0 Å². The van der Waals surface area contributed by atoms with Gasteiger partial charge in [0.25, 0.3) is 0 Å². The molecule has 0 bridgehead atoms. The van der Waals surface area contributed by atoms with Crippen LogP contribution >= 0.6 is 0 Å². The molecule has 10 nitrogen and oxygen atoms in total. The van der Waals surface area contributed by atoms with E-state index in [1.807, 2.05) is 21.1 Å². The summed E-state index contributed by atoms with van der Waals surface area (Å²) in [7, 11) is 5.52. The summed E-state index contributed by atoms with van der Waals surface area (Å²) in [6.45, 7) is 0.181. The fourth-order valence-corrected chi connectivity index (χ4v) is 1.01. The van der Waals surface area contributed by atoms with E-state index in [0.29, 0.717) is 4.48 Å². The molecule has 0 radical (unpaired) electrons. The van der Waals surface area contributed by atoms with Gasteiger partial charge >= 0.3 is 5.97 Å². The molecule has 0 aliphatic rings. The van der Waals surface area contributed by atoms with Crippen molar-refractivity contribution in [1.29, 1.82) is 0 Å². The molecule has 0 heterocycles. The van der Waals surface area contributed by atoms with Gasteiger partial charge in [-0.05, 0) is 0 Å². The lowest BCUT2D eigenvalue weighted by atomic mass is 10.0. The molecular formula is C11H21NO9. The highest BCUT2D eigenvalue weighted by Gasteiger charge is 2.30. The zero-order valence-corrected chi connectivity index (χ0v) is 11.9. The second kappa shape index (κ2) is 9.37. The normalized spacial score (nSPS) is 16.7. The average Bonchev–Trinajstić information content (AvgIpc) is 2.32. The Labute approximate surface area is 121 Å². The first-order valence-corrected chi connectivity index (χ1v) is 5.74. The number of carboxylic acids is 2. The Hall–Kier alpha value is -1.59. The lowest BCUT2D eigenvalue weighted by Gasteiger charge is -2.24. The van der Waals surface area contributed by atoms with Crippen molar-refractivity contribution in [3.8, 4) is 0 Å². The number of rotatable bonds is 7. The molecule has 0 aromatic heterocycles. The summed E-state index contributed by atoms with van der Waals surface area (Å²) in [5, 5.41) is 53.1. The quantitative estimate of drug-likeness (QED) is 0.228. The standard InChI is InChI=1S/C6H10O7.C5H11NO2/c7-1-2(8)3(9)4(10)5(11)6(12)13;1-6(2,3)4-5(7)8/h1-5,8-11H,(H,12,13);4H2,1-3H3/t2-,3+,4-,5-;/m0./s1. The van der Waals surface area contributed by atoms with Gasteiger partial charge in [-0.1, -0.05) is 0 Å². The molecule has 0 aromatic rings. The zero-order valence-electron chi connectivity index (χ0n) is 11.9. The van der Waals surface area contributed by atoms with Crippen molar-refractivity contribution in [2.45, 2.75) is 24.4 Å². The SMILES string of the molecule is C[N+](C)(C)CC(=O)O.O=C[C@H](O)[C@@H](O)[C@H](O)[C@H](O)C(=O)[O-]. The molecule has 0 saturated heterocycles. The summed E-state index contributed by atoms with van der Waals surface area (Å²) in [4.78, 5) is 29.8. The van der Waals surface area contributed by atoms with Gasteiger partial charge in [-0.2, -0.15) is 0 Å².